The molecule has 0 saturated carbocycles. The first-order valence-corrected chi connectivity index (χ1v) is 5.81. The maximum absolute atomic E-state index is 11.4. The van der Waals surface area contributed by atoms with Gasteiger partial charge in [0.25, 0.3) is 0 Å². The van der Waals surface area contributed by atoms with Crippen LogP contribution in [0, 0.1) is 0 Å². The number of hydrogen-bond donors (Lipinski definition) is 0. The van der Waals surface area contributed by atoms with E-state index in [4.69, 9.17) is 4.74 Å². The molecule has 0 N–H and O–H groups in total. The van der Waals surface area contributed by atoms with Crippen LogP contribution in [0.15, 0.2) is 55.1 Å². The van der Waals surface area contributed by atoms with Crippen molar-refractivity contribution in [2.24, 2.45) is 0 Å². The van der Waals surface area contributed by atoms with Gasteiger partial charge < -0.3 is 9.47 Å². The first kappa shape index (κ1) is 12.9. The van der Waals surface area contributed by atoms with Crippen molar-refractivity contribution in [2.75, 3.05) is 7.11 Å². The number of carbonyl (C=O) groups excluding carboxylic acids is 1. The van der Waals surface area contributed by atoms with Crippen molar-refractivity contribution in [3.05, 3.63) is 66.2 Å². The second kappa shape index (κ2) is 5.87. The highest BCUT2D eigenvalue weighted by atomic mass is 16.5. The number of esters is 1. The maximum atomic E-state index is 11.4. The van der Waals surface area contributed by atoms with Crippen LogP contribution in [0.1, 0.15) is 15.9 Å². The van der Waals surface area contributed by atoms with Crippen LogP contribution in [0.2, 0.25) is 0 Å². The Bertz CT molecular complexity index is 585. The normalized spacial score (nSPS) is 9.74. The minimum atomic E-state index is -0.382. The predicted octanol–water partition coefficient (Wildman–Crippen LogP) is 3.91. The highest BCUT2D eigenvalue weighted by molar-refractivity contribution is 5.89. The van der Waals surface area contributed by atoms with Gasteiger partial charge in [0.05, 0.1) is 12.7 Å². The van der Waals surface area contributed by atoms with E-state index in [9.17, 15) is 4.79 Å². The lowest BCUT2D eigenvalue weighted by Gasteiger charge is -2.07. The molecular formula is C16H14O3. The molecule has 0 aliphatic carbocycles. The molecule has 3 nitrogen and oxygen atoms in total. The van der Waals surface area contributed by atoms with Crippen LogP contribution in [0.5, 0.6) is 11.5 Å². The lowest BCUT2D eigenvalue weighted by molar-refractivity contribution is 0.0600. The molecule has 0 aliphatic heterocycles. The first-order chi connectivity index (χ1) is 9.22. The topological polar surface area (TPSA) is 35.5 Å². The van der Waals surface area contributed by atoms with Gasteiger partial charge in [0.2, 0.25) is 0 Å². The minimum absolute atomic E-state index is 0.382. The zero-order chi connectivity index (χ0) is 13.7. The van der Waals surface area contributed by atoms with Crippen LogP contribution in [-0.2, 0) is 4.74 Å². The largest absolute Gasteiger partial charge is 0.465 e. The molecule has 0 heterocycles. The molecule has 0 atom stereocenters. The Kier molecular flexibility index (Phi) is 3.98. The van der Waals surface area contributed by atoms with E-state index >= 15 is 0 Å². The Balaban J connectivity index is 2.18. The Labute approximate surface area is 112 Å². The summed E-state index contributed by atoms with van der Waals surface area (Å²) in [4.78, 5) is 11.4. The van der Waals surface area contributed by atoms with E-state index in [0.29, 0.717) is 17.1 Å². The molecule has 19 heavy (non-hydrogen) atoms. The summed E-state index contributed by atoms with van der Waals surface area (Å²) in [5, 5.41) is 0. The Morgan fingerprint density at radius 2 is 1.84 bits per heavy atom. The van der Waals surface area contributed by atoms with Crippen molar-refractivity contribution in [3.63, 3.8) is 0 Å². The van der Waals surface area contributed by atoms with Crippen molar-refractivity contribution < 1.29 is 14.3 Å². The molecule has 2 aromatic rings. The molecule has 0 aromatic heterocycles. The van der Waals surface area contributed by atoms with Crippen molar-refractivity contribution in [1.29, 1.82) is 0 Å². The molecule has 3 heteroatoms. The third-order valence-electron chi connectivity index (χ3n) is 2.61. The molecule has 96 valence electrons. The van der Waals surface area contributed by atoms with E-state index in [-0.39, 0.29) is 5.97 Å². The summed E-state index contributed by atoms with van der Waals surface area (Å²) < 4.78 is 10.3. The molecular weight excluding hydrogens is 240 g/mol. The van der Waals surface area contributed by atoms with E-state index in [2.05, 4.69) is 11.3 Å². The standard InChI is InChI=1S/C16H14O3/c1-3-12-7-9-14(10-8-12)19-15-6-4-5-13(11-15)16(17)18-2/h3-11H,1H2,2H3. The summed E-state index contributed by atoms with van der Waals surface area (Å²) in [5.74, 6) is 0.911. The van der Waals surface area contributed by atoms with E-state index < -0.39 is 0 Å². The molecule has 0 unspecified atom stereocenters. The van der Waals surface area contributed by atoms with Crippen LogP contribution < -0.4 is 4.74 Å². The number of carbonyl (C=O) groups is 1. The molecule has 0 amide bonds. The second-order valence-corrected chi connectivity index (χ2v) is 3.89. The molecule has 0 fully saturated rings. The SMILES string of the molecule is C=Cc1ccc(Oc2cccc(C(=O)OC)c2)cc1. The maximum Gasteiger partial charge on any atom is 0.337 e. The van der Waals surface area contributed by atoms with Crippen LogP contribution in [-0.4, -0.2) is 13.1 Å². The van der Waals surface area contributed by atoms with Gasteiger partial charge in [-0.3, -0.25) is 0 Å². The van der Waals surface area contributed by atoms with Gasteiger partial charge in [0.15, 0.2) is 0 Å². The third-order valence-corrected chi connectivity index (χ3v) is 2.61. The third kappa shape index (κ3) is 3.22. The Hall–Kier alpha value is -2.55. The summed E-state index contributed by atoms with van der Waals surface area (Å²) in [6.07, 6.45) is 1.77. The predicted molar refractivity (Wildman–Crippen MR) is 74.4 cm³/mol. The van der Waals surface area contributed by atoms with Crippen molar-refractivity contribution >= 4 is 12.0 Å². The number of rotatable bonds is 4. The quantitative estimate of drug-likeness (QED) is 0.776. The van der Waals surface area contributed by atoms with Crippen molar-refractivity contribution in [3.8, 4) is 11.5 Å². The fourth-order valence-electron chi connectivity index (χ4n) is 1.61. The van der Waals surface area contributed by atoms with Crippen LogP contribution in [0.25, 0.3) is 6.08 Å². The summed E-state index contributed by atoms with van der Waals surface area (Å²) in [6.45, 7) is 3.69. The summed E-state index contributed by atoms with van der Waals surface area (Å²) in [7, 11) is 1.35. The van der Waals surface area contributed by atoms with E-state index in [0.717, 1.165) is 5.56 Å². The highest BCUT2D eigenvalue weighted by Crippen LogP contribution is 2.23. The number of ether oxygens (including phenoxy) is 2. The average Bonchev–Trinajstić information content (AvgIpc) is 2.47. The molecule has 0 bridgehead atoms. The molecule has 0 aliphatic rings. The van der Waals surface area contributed by atoms with Gasteiger partial charge in [-0.2, -0.15) is 0 Å². The number of methoxy groups -OCH3 is 1. The number of hydrogen-bond acceptors (Lipinski definition) is 3. The average molecular weight is 254 g/mol. The first-order valence-electron chi connectivity index (χ1n) is 5.81. The highest BCUT2D eigenvalue weighted by Gasteiger charge is 2.06. The Morgan fingerprint density at radius 1 is 1.11 bits per heavy atom. The van der Waals surface area contributed by atoms with Crippen LogP contribution >= 0.6 is 0 Å². The lowest BCUT2D eigenvalue weighted by Crippen LogP contribution is -2.00. The van der Waals surface area contributed by atoms with E-state index in [1.54, 1.807) is 30.3 Å². The van der Waals surface area contributed by atoms with Gasteiger partial charge in [-0.05, 0) is 35.9 Å². The van der Waals surface area contributed by atoms with Gasteiger partial charge >= 0.3 is 5.97 Å². The zero-order valence-electron chi connectivity index (χ0n) is 10.6. The zero-order valence-corrected chi connectivity index (χ0v) is 10.6. The molecule has 0 saturated heterocycles. The second-order valence-electron chi connectivity index (χ2n) is 3.89. The fraction of sp³-hybridized carbons (Fsp3) is 0.0625. The smallest absolute Gasteiger partial charge is 0.337 e. The van der Waals surface area contributed by atoms with Crippen molar-refractivity contribution in [1.82, 2.24) is 0 Å². The van der Waals surface area contributed by atoms with Gasteiger partial charge in [-0.15, -0.1) is 0 Å². The van der Waals surface area contributed by atoms with Crippen LogP contribution in [0.3, 0.4) is 0 Å². The molecule has 2 rings (SSSR count). The number of benzene rings is 2. The van der Waals surface area contributed by atoms with Gasteiger partial charge in [-0.1, -0.05) is 30.9 Å². The van der Waals surface area contributed by atoms with Gasteiger partial charge in [-0.25, -0.2) is 4.79 Å². The van der Waals surface area contributed by atoms with Crippen molar-refractivity contribution in [2.45, 2.75) is 0 Å². The van der Waals surface area contributed by atoms with E-state index in [1.807, 2.05) is 24.3 Å². The van der Waals surface area contributed by atoms with Crippen LogP contribution in [0.4, 0.5) is 0 Å². The lowest BCUT2D eigenvalue weighted by atomic mass is 10.2. The molecule has 0 radical (unpaired) electrons. The summed E-state index contributed by atoms with van der Waals surface area (Å²) in [5.41, 5.74) is 1.48. The molecule has 0 spiro atoms. The minimum Gasteiger partial charge on any atom is -0.465 e. The fourth-order valence-corrected chi connectivity index (χ4v) is 1.61. The summed E-state index contributed by atoms with van der Waals surface area (Å²) in [6, 6.07) is 14.4. The van der Waals surface area contributed by atoms with E-state index in [1.165, 1.54) is 7.11 Å². The summed E-state index contributed by atoms with van der Waals surface area (Å²) >= 11 is 0. The Morgan fingerprint density at radius 3 is 2.47 bits per heavy atom. The molecule has 2 aromatic carbocycles. The van der Waals surface area contributed by atoms with Gasteiger partial charge in [0, 0.05) is 0 Å². The van der Waals surface area contributed by atoms with Gasteiger partial charge in [0.1, 0.15) is 11.5 Å². The monoisotopic (exact) mass is 254 g/mol.